The van der Waals surface area contributed by atoms with Crippen LogP contribution in [0.1, 0.15) is 12.5 Å². The molecule has 1 atom stereocenters. The Hall–Kier alpha value is -1.85. The number of nitrogens with zero attached hydrogens (tertiary/aromatic N) is 1. The van der Waals surface area contributed by atoms with Crippen molar-refractivity contribution in [3.8, 4) is 0 Å². The maximum Gasteiger partial charge on any atom is 0.326 e. The topological polar surface area (TPSA) is 53.7 Å². The molecule has 0 saturated heterocycles. The highest BCUT2D eigenvalue weighted by Crippen LogP contribution is 2.21. The number of benzene rings is 1. The molecule has 0 amide bonds. The molecule has 21 heavy (non-hydrogen) atoms. The van der Waals surface area contributed by atoms with Gasteiger partial charge in [0.05, 0.1) is 11.3 Å². The number of hydrogen-bond acceptors (Lipinski definition) is 3. The molecule has 0 aliphatic heterocycles. The van der Waals surface area contributed by atoms with Gasteiger partial charge in [0.15, 0.2) is 0 Å². The fourth-order valence-electron chi connectivity index (χ4n) is 1.91. The second-order valence-corrected chi connectivity index (χ2v) is 5.44. The van der Waals surface area contributed by atoms with Crippen LogP contribution in [0.2, 0.25) is 5.02 Å². The normalized spacial score (nSPS) is 11.9. The van der Waals surface area contributed by atoms with Crippen LogP contribution in [0, 0.1) is 0 Å². The van der Waals surface area contributed by atoms with Crippen LogP contribution < -0.4 is 4.90 Å². The van der Waals surface area contributed by atoms with E-state index in [0.717, 1.165) is 5.56 Å². The zero-order valence-corrected chi connectivity index (χ0v) is 12.9. The largest absolute Gasteiger partial charge is 0.480 e. The standard InChI is InChI=1S/C15H14ClNO3S/c1-10(15(18)19)17(13-3-2-8-20-13)14(21)9-11-4-6-12(16)7-5-11/h2-8,10H,9H2,1H3,(H,18,19)/t10-/m0/s1. The monoisotopic (exact) mass is 323 g/mol. The average Bonchev–Trinajstić information content (AvgIpc) is 2.95. The van der Waals surface area contributed by atoms with Crippen molar-refractivity contribution in [2.24, 2.45) is 0 Å². The SMILES string of the molecule is C[C@@H](C(=O)O)N(C(=S)Cc1ccc(Cl)cc1)c1ccco1. The van der Waals surface area contributed by atoms with E-state index in [9.17, 15) is 9.90 Å². The lowest BCUT2D eigenvalue weighted by Crippen LogP contribution is -2.43. The Balaban J connectivity index is 2.22. The van der Waals surface area contributed by atoms with Crippen molar-refractivity contribution in [2.75, 3.05) is 4.90 Å². The van der Waals surface area contributed by atoms with Gasteiger partial charge in [0, 0.05) is 17.5 Å². The smallest absolute Gasteiger partial charge is 0.326 e. The van der Waals surface area contributed by atoms with Crippen LogP contribution in [-0.4, -0.2) is 22.1 Å². The van der Waals surface area contributed by atoms with E-state index >= 15 is 0 Å². The van der Waals surface area contributed by atoms with Crippen molar-refractivity contribution in [3.05, 3.63) is 53.2 Å². The first-order valence-electron chi connectivity index (χ1n) is 6.32. The van der Waals surface area contributed by atoms with E-state index in [4.69, 9.17) is 28.2 Å². The van der Waals surface area contributed by atoms with Crippen LogP contribution in [0.25, 0.3) is 0 Å². The van der Waals surface area contributed by atoms with E-state index in [1.807, 2.05) is 12.1 Å². The third-order valence-electron chi connectivity index (χ3n) is 3.03. The molecule has 0 aliphatic rings. The van der Waals surface area contributed by atoms with E-state index in [1.54, 1.807) is 31.2 Å². The van der Waals surface area contributed by atoms with Gasteiger partial charge in [0.2, 0.25) is 5.88 Å². The lowest BCUT2D eigenvalue weighted by atomic mass is 10.1. The van der Waals surface area contributed by atoms with Crippen molar-refractivity contribution < 1.29 is 14.3 Å². The predicted molar refractivity (Wildman–Crippen MR) is 86.0 cm³/mol. The summed E-state index contributed by atoms with van der Waals surface area (Å²) in [6.45, 7) is 1.57. The highest BCUT2D eigenvalue weighted by atomic mass is 35.5. The first kappa shape index (κ1) is 15.5. The number of carboxylic acid groups (broad SMARTS) is 1. The third kappa shape index (κ3) is 3.83. The third-order valence-corrected chi connectivity index (χ3v) is 3.62. The van der Waals surface area contributed by atoms with Gasteiger partial charge >= 0.3 is 5.97 Å². The summed E-state index contributed by atoms with van der Waals surface area (Å²) < 4.78 is 5.30. The molecule has 2 aromatic rings. The maximum absolute atomic E-state index is 11.3. The van der Waals surface area contributed by atoms with E-state index in [2.05, 4.69) is 0 Å². The minimum Gasteiger partial charge on any atom is -0.480 e. The number of carboxylic acids is 1. The molecule has 4 nitrogen and oxygen atoms in total. The molecule has 1 aromatic carbocycles. The van der Waals surface area contributed by atoms with Gasteiger partial charge in [-0.1, -0.05) is 36.0 Å². The summed E-state index contributed by atoms with van der Waals surface area (Å²) in [5, 5.41) is 9.89. The second-order valence-electron chi connectivity index (χ2n) is 4.53. The lowest BCUT2D eigenvalue weighted by Gasteiger charge is -2.26. The maximum atomic E-state index is 11.3. The van der Waals surface area contributed by atoms with Gasteiger partial charge in [-0.05, 0) is 30.7 Å². The summed E-state index contributed by atoms with van der Waals surface area (Å²) >= 11 is 11.3. The van der Waals surface area contributed by atoms with Crippen molar-refractivity contribution in [1.82, 2.24) is 0 Å². The van der Waals surface area contributed by atoms with Gasteiger partial charge in [0.25, 0.3) is 0 Å². The summed E-state index contributed by atoms with van der Waals surface area (Å²) in [5.74, 6) is -0.547. The summed E-state index contributed by atoms with van der Waals surface area (Å²) in [4.78, 5) is 13.3. The van der Waals surface area contributed by atoms with E-state index in [-0.39, 0.29) is 0 Å². The first-order chi connectivity index (χ1) is 9.99. The molecule has 2 rings (SSSR count). The molecule has 0 saturated carbocycles. The zero-order chi connectivity index (χ0) is 15.4. The molecule has 0 spiro atoms. The average molecular weight is 324 g/mol. The van der Waals surface area contributed by atoms with Crippen LogP contribution in [0.4, 0.5) is 5.88 Å². The molecule has 1 heterocycles. The van der Waals surface area contributed by atoms with E-state index in [1.165, 1.54) is 11.2 Å². The Morgan fingerprint density at radius 1 is 1.38 bits per heavy atom. The minimum absolute atomic E-state index is 0.420. The minimum atomic E-state index is -0.968. The number of anilines is 1. The van der Waals surface area contributed by atoms with E-state index < -0.39 is 12.0 Å². The molecule has 1 aromatic heterocycles. The molecule has 110 valence electrons. The molecule has 0 radical (unpaired) electrons. The molecule has 0 aliphatic carbocycles. The Morgan fingerprint density at radius 2 is 2.05 bits per heavy atom. The molecule has 0 unspecified atom stereocenters. The quantitative estimate of drug-likeness (QED) is 0.849. The molecular weight excluding hydrogens is 310 g/mol. The number of furan rings is 1. The van der Waals surface area contributed by atoms with Crippen LogP contribution in [0.5, 0.6) is 0 Å². The van der Waals surface area contributed by atoms with Crippen molar-refractivity contribution in [1.29, 1.82) is 0 Å². The highest BCUT2D eigenvalue weighted by Gasteiger charge is 2.26. The number of rotatable bonds is 5. The predicted octanol–water partition coefficient (Wildman–Crippen LogP) is 3.78. The number of aliphatic carboxylic acids is 1. The lowest BCUT2D eigenvalue weighted by molar-refractivity contribution is -0.137. The van der Waals surface area contributed by atoms with Crippen LogP contribution in [0.3, 0.4) is 0 Å². The van der Waals surface area contributed by atoms with Gasteiger partial charge in [-0.25, -0.2) is 4.79 Å². The molecule has 6 heteroatoms. The fraction of sp³-hybridized carbons (Fsp3) is 0.200. The molecule has 0 bridgehead atoms. The van der Waals surface area contributed by atoms with Crippen molar-refractivity contribution in [3.63, 3.8) is 0 Å². The van der Waals surface area contributed by atoms with Gasteiger partial charge < -0.3 is 9.52 Å². The van der Waals surface area contributed by atoms with Gasteiger partial charge in [-0.2, -0.15) is 0 Å². The molecule has 0 fully saturated rings. The second kappa shape index (κ2) is 6.74. The highest BCUT2D eigenvalue weighted by molar-refractivity contribution is 7.80. The Morgan fingerprint density at radius 3 is 2.57 bits per heavy atom. The summed E-state index contributed by atoms with van der Waals surface area (Å²) in [7, 11) is 0. The molecular formula is C15H14ClNO3S. The summed E-state index contributed by atoms with van der Waals surface area (Å²) in [6.07, 6.45) is 1.92. The fourth-order valence-corrected chi connectivity index (χ4v) is 2.45. The van der Waals surface area contributed by atoms with E-state index in [0.29, 0.717) is 22.3 Å². The van der Waals surface area contributed by atoms with Crippen molar-refractivity contribution in [2.45, 2.75) is 19.4 Å². The van der Waals surface area contributed by atoms with Crippen LogP contribution in [-0.2, 0) is 11.2 Å². The summed E-state index contributed by atoms with van der Waals surface area (Å²) in [6, 6.07) is 9.85. The summed E-state index contributed by atoms with van der Waals surface area (Å²) in [5.41, 5.74) is 0.957. The Labute approximate surface area is 132 Å². The number of carbonyl (C=O) groups is 1. The van der Waals surface area contributed by atoms with Crippen LogP contribution >= 0.6 is 23.8 Å². The zero-order valence-electron chi connectivity index (χ0n) is 11.3. The Bertz CT molecular complexity index is 625. The van der Waals surface area contributed by atoms with Gasteiger partial charge in [-0.3, -0.25) is 4.90 Å². The van der Waals surface area contributed by atoms with Crippen LogP contribution in [0.15, 0.2) is 47.1 Å². The Kier molecular flexibility index (Phi) is 4.98. The van der Waals surface area contributed by atoms with Gasteiger partial charge in [0.1, 0.15) is 6.04 Å². The molecule has 1 N–H and O–H groups in total. The number of thiocarbonyl (C=S) groups is 1. The van der Waals surface area contributed by atoms with Crippen molar-refractivity contribution >= 4 is 40.7 Å². The van der Waals surface area contributed by atoms with Gasteiger partial charge in [-0.15, -0.1) is 0 Å². The number of hydrogen-bond donors (Lipinski definition) is 1. The first-order valence-corrected chi connectivity index (χ1v) is 7.10. The number of halogens is 1.